The van der Waals surface area contributed by atoms with Crippen molar-refractivity contribution in [2.24, 2.45) is 0 Å². The van der Waals surface area contributed by atoms with Gasteiger partial charge < -0.3 is 0 Å². The number of nitrogens with one attached hydrogen (secondary N) is 1. The fourth-order valence-corrected chi connectivity index (χ4v) is 2.56. The third-order valence-electron chi connectivity index (χ3n) is 2.28. The summed E-state index contributed by atoms with van der Waals surface area (Å²) >= 11 is 0. The number of hydrogen-bond acceptors (Lipinski definition) is 3. The average molecular weight is 277 g/mol. The highest BCUT2D eigenvalue weighted by molar-refractivity contribution is 7.89. The molecule has 1 N–H and O–H groups in total. The summed E-state index contributed by atoms with van der Waals surface area (Å²) in [7, 11) is -4.07. The second kappa shape index (κ2) is 5.53. The average Bonchev–Trinajstić information content (AvgIpc) is 2.28. The van der Waals surface area contributed by atoms with Gasteiger partial charge in [-0.3, -0.25) is 4.79 Å². The number of halogens is 2. The van der Waals surface area contributed by atoms with E-state index in [9.17, 15) is 22.0 Å². The predicted octanol–water partition coefficient (Wildman–Crippen LogP) is 1.86. The van der Waals surface area contributed by atoms with Gasteiger partial charge >= 0.3 is 0 Å². The first-order chi connectivity index (χ1) is 8.35. The van der Waals surface area contributed by atoms with Gasteiger partial charge in [-0.25, -0.2) is 21.9 Å². The van der Waals surface area contributed by atoms with Crippen LogP contribution in [0.25, 0.3) is 0 Å². The first kappa shape index (κ1) is 14.7. The van der Waals surface area contributed by atoms with E-state index in [0.717, 1.165) is 12.1 Å². The molecule has 7 heteroatoms. The van der Waals surface area contributed by atoms with E-state index >= 15 is 0 Å². The van der Waals surface area contributed by atoms with Crippen molar-refractivity contribution in [1.82, 2.24) is 4.72 Å². The minimum Gasteiger partial charge on any atom is -0.294 e. The van der Waals surface area contributed by atoms with E-state index in [4.69, 9.17) is 0 Å². The molecule has 0 aromatic heterocycles. The zero-order valence-corrected chi connectivity index (χ0v) is 10.8. The molecular weight excluding hydrogens is 264 g/mol. The van der Waals surface area contributed by atoms with Gasteiger partial charge in [0, 0.05) is 13.0 Å². The van der Waals surface area contributed by atoms with E-state index in [1.165, 1.54) is 13.8 Å². The van der Waals surface area contributed by atoms with Gasteiger partial charge in [-0.15, -0.1) is 0 Å². The van der Waals surface area contributed by atoms with E-state index < -0.39 is 37.9 Å². The summed E-state index contributed by atoms with van der Waals surface area (Å²) in [5.41, 5.74) is -0.809. The molecule has 0 aliphatic heterocycles. The first-order valence-electron chi connectivity index (χ1n) is 5.36. The van der Waals surface area contributed by atoms with Crippen LogP contribution in [0.15, 0.2) is 17.0 Å². The van der Waals surface area contributed by atoms with Crippen molar-refractivity contribution in [1.29, 1.82) is 0 Å². The van der Waals surface area contributed by atoms with Crippen molar-refractivity contribution in [3.05, 3.63) is 29.3 Å². The third-order valence-corrected chi connectivity index (χ3v) is 3.84. The lowest BCUT2D eigenvalue weighted by molar-refractivity contribution is 0.0979. The molecule has 100 valence electrons. The highest BCUT2D eigenvalue weighted by atomic mass is 32.2. The number of benzene rings is 1. The zero-order chi connectivity index (χ0) is 13.9. The highest BCUT2D eigenvalue weighted by Crippen LogP contribution is 2.22. The Balaban J connectivity index is 3.47. The summed E-state index contributed by atoms with van der Waals surface area (Å²) in [4.78, 5) is 10.7. The van der Waals surface area contributed by atoms with Gasteiger partial charge in [0.1, 0.15) is 10.7 Å². The molecule has 0 spiro atoms. The fourth-order valence-electron chi connectivity index (χ4n) is 1.44. The Morgan fingerprint density at radius 3 is 2.39 bits per heavy atom. The number of hydrogen-bond donors (Lipinski definition) is 1. The number of carbonyl (C=O) groups is 1. The van der Waals surface area contributed by atoms with Crippen LogP contribution in [0.5, 0.6) is 0 Å². The molecule has 0 fully saturated rings. The summed E-state index contributed by atoms with van der Waals surface area (Å²) < 4.78 is 52.6. The van der Waals surface area contributed by atoms with Crippen LogP contribution in [-0.2, 0) is 10.0 Å². The second-order valence-electron chi connectivity index (χ2n) is 3.51. The van der Waals surface area contributed by atoms with Gasteiger partial charge in [-0.05, 0) is 12.1 Å². The normalized spacial score (nSPS) is 11.6. The molecule has 1 aromatic carbocycles. The lowest BCUT2D eigenvalue weighted by Gasteiger charge is -2.09. The molecule has 0 saturated heterocycles. The Kier molecular flexibility index (Phi) is 4.53. The zero-order valence-electron chi connectivity index (χ0n) is 9.96. The minimum absolute atomic E-state index is 0.0657. The quantitative estimate of drug-likeness (QED) is 0.835. The van der Waals surface area contributed by atoms with E-state index in [2.05, 4.69) is 4.72 Å². The lowest BCUT2D eigenvalue weighted by Crippen LogP contribution is -2.25. The van der Waals surface area contributed by atoms with Crippen LogP contribution >= 0.6 is 0 Å². The van der Waals surface area contributed by atoms with E-state index in [1.54, 1.807) is 0 Å². The van der Waals surface area contributed by atoms with Crippen LogP contribution in [-0.4, -0.2) is 20.7 Å². The molecule has 0 bridgehead atoms. The van der Waals surface area contributed by atoms with Gasteiger partial charge in [-0.2, -0.15) is 0 Å². The van der Waals surface area contributed by atoms with Gasteiger partial charge in [-0.1, -0.05) is 13.8 Å². The number of Topliss-reactive ketones (excluding diaryl/α,β-unsaturated/α-hetero) is 1. The van der Waals surface area contributed by atoms with Crippen molar-refractivity contribution in [2.75, 3.05) is 6.54 Å². The molecule has 0 unspecified atom stereocenters. The molecule has 0 heterocycles. The van der Waals surface area contributed by atoms with Gasteiger partial charge in [0.05, 0.1) is 5.56 Å². The molecule has 1 rings (SSSR count). The van der Waals surface area contributed by atoms with Crippen LogP contribution in [0.2, 0.25) is 0 Å². The molecule has 0 aliphatic rings. The monoisotopic (exact) mass is 277 g/mol. The maximum absolute atomic E-state index is 13.9. The third kappa shape index (κ3) is 2.73. The van der Waals surface area contributed by atoms with Gasteiger partial charge in [0.2, 0.25) is 10.0 Å². The van der Waals surface area contributed by atoms with Crippen molar-refractivity contribution < 1.29 is 22.0 Å². The van der Waals surface area contributed by atoms with Crippen molar-refractivity contribution in [2.45, 2.75) is 25.2 Å². The summed E-state index contributed by atoms with van der Waals surface area (Å²) in [6.45, 7) is 3.03. The van der Waals surface area contributed by atoms with E-state index in [0.29, 0.717) is 0 Å². The Labute approximate surface area is 104 Å². The standard InChI is InChI=1S/C11H13F2NO3S/c1-3-8(15)10-7(12)5-6-9(11(10)13)18(16,17)14-4-2/h5-6,14H,3-4H2,1-2H3. The largest absolute Gasteiger partial charge is 0.294 e. The fraction of sp³-hybridized carbons (Fsp3) is 0.364. The minimum atomic E-state index is -4.07. The predicted molar refractivity (Wildman–Crippen MR) is 61.8 cm³/mol. The molecule has 0 aliphatic carbocycles. The highest BCUT2D eigenvalue weighted by Gasteiger charge is 2.25. The number of sulfonamides is 1. The van der Waals surface area contributed by atoms with Crippen LogP contribution < -0.4 is 4.72 Å². The molecule has 0 radical (unpaired) electrons. The molecule has 0 atom stereocenters. The number of ketones is 1. The molecule has 0 amide bonds. The topological polar surface area (TPSA) is 63.2 Å². The Morgan fingerprint density at radius 2 is 1.89 bits per heavy atom. The lowest BCUT2D eigenvalue weighted by atomic mass is 10.1. The van der Waals surface area contributed by atoms with Crippen molar-refractivity contribution >= 4 is 15.8 Å². The Bertz CT molecular complexity index is 570. The maximum atomic E-state index is 13.9. The van der Waals surface area contributed by atoms with Crippen LogP contribution in [0.1, 0.15) is 30.6 Å². The number of rotatable bonds is 5. The number of carbonyl (C=O) groups excluding carboxylic acids is 1. The SMILES string of the molecule is CCNS(=O)(=O)c1ccc(F)c(C(=O)CC)c1F. The van der Waals surface area contributed by atoms with E-state index in [1.807, 2.05) is 0 Å². The first-order valence-corrected chi connectivity index (χ1v) is 6.84. The van der Waals surface area contributed by atoms with Crippen molar-refractivity contribution in [3.8, 4) is 0 Å². The Hall–Kier alpha value is -1.34. The summed E-state index contributed by atoms with van der Waals surface area (Å²) in [5, 5.41) is 0. The molecule has 0 saturated carbocycles. The van der Waals surface area contributed by atoms with Crippen molar-refractivity contribution in [3.63, 3.8) is 0 Å². The van der Waals surface area contributed by atoms with Gasteiger partial charge in [0.25, 0.3) is 0 Å². The molecular formula is C11H13F2NO3S. The molecule has 4 nitrogen and oxygen atoms in total. The van der Waals surface area contributed by atoms with E-state index in [-0.39, 0.29) is 13.0 Å². The smallest absolute Gasteiger partial charge is 0.243 e. The maximum Gasteiger partial charge on any atom is 0.243 e. The second-order valence-corrected chi connectivity index (χ2v) is 5.25. The molecule has 18 heavy (non-hydrogen) atoms. The van der Waals surface area contributed by atoms with Crippen LogP contribution in [0.4, 0.5) is 8.78 Å². The van der Waals surface area contributed by atoms with Crippen LogP contribution in [0, 0.1) is 11.6 Å². The van der Waals surface area contributed by atoms with Gasteiger partial charge in [0.15, 0.2) is 11.6 Å². The summed E-state index contributed by atoms with van der Waals surface area (Å²) in [6, 6.07) is 1.57. The summed E-state index contributed by atoms with van der Waals surface area (Å²) in [6.07, 6.45) is -0.113. The summed E-state index contributed by atoms with van der Waals surface area (Å²) in [5.74, 6) is -3.18. The van der Waals surface area contributed by atoms with Crippen LogP contribution in [0.3, 0.4) is 0 Å². The Morgan fingerprint density at radius 1 is 1.28 bits per heavy atom. The molecule has 1 aromatic rings.